The summed E-state index contributed by atoms with van der Waals surface area (Å²) < 4.78 is 5.22. The highest BCUT2D eigenvalue weighted by atomic mass is 32.1. The molecule has 0 N–H and O–H groups in total. The summed E-state index contributed by atoms with van der Waals surface area (Å²) in [4.78, 5) is 2.44. The van der Waals surface area contributed by atoms with Crippen LogP contribution in [0.15, 0.2) is 188 Å². The molecule has 0 aliphatic heterocycles. The van der Waals surface area contributed by atoms with Gasteiger partial charge in [0.15, 0.2) is 0 Å². The van der Waals surface area contributed by atoms with Gasteiger partial charge in [0.25, 0.3) is 0 Å². The average molecular weight is 686 g/mol. The van der Waals surface area contributed by atoms with Gasteiger partial charge in [-0.1, -0.05) is 127 Å². The SMILES string of the molecule is c1ccc(-c2ccc(N(c3ccc(-c4ccccc4)cc3)c3cc4sc5ccccc5c4cc3-c3ccc4sc5ccccc5c4c3)cc2)cc1. The lowest BCUT2D eigenvalue weighted by Gasteiger charge is -2.28. The molecule has 0 aliphatic rings. The van der Waals surface area contributed by atoms with Crippen LogP contribution in [-0.2, 0) is 0 Å². The fourth-order valence-corrected chi connectivity index (χ4v) is 9.57. The van der Waals surface area contributed by atoms with Crippen molar-refractivity contribution in [2.45, 2.75) is 0 Å². The predicted octanol–water partition coefficient (Wildman–Crippen LogP) is 14.9. The van der Waals surface area contributed by atoms with E-state index in [0.717, 1.165) is 17.1 Å². The van der Waals surface area contributed by atoms with Crippen molar-refractivity contribution >= 4 is 80.1 Å². The van der Waals surface area contributed by atoms with Crippen LogP contribution in [0.3, 0.4) is 0 Å². The maximum atomic E-state index is 2.44. The molecule has 0 spiro atoms. The van der Waals surface area contributed by atoms with Gasteiger partial charge < -0.3 is 4.90 Å². The zero-order valence-corrected chi connectivity index (χ0v) is 29.3. The Hall–Kier alpha value is -6.00. The third-order valence-electron chi connectivity index (χ3n) is 9.89. The topological polar surface area (TPSA) is 3.24 Å². The summed E-state index contributed by atoms with van der Waals surface area (Å²) in [6.07, 6.45) is 0. The van der Waals surface area contributed by atoms with Gasteiger partial charge in [-0.2, -0.15) is 0 Å². The first-order valence-corrected chi connectivity index (χ1v) is 18.9. The summed E-state index contributed by atoms with van der Waals surface area (Å²) in [5, 5.41) is 5.22. The van der Waals surface area contributed by atoms with Crippen molar-refractivity contribution in [3.05, 3.63) is 188 Å². The van der Waals surface area contributed by atoms with Gasteiger partial charge in [0.05, 0.1) is 5.69 Å². The molecule has 0 bridgehead atoms. The highest BCUT2D eigenvalue weighted by Gasteiger charge is 2.21. The Labute approximate surface area is 304 Å². The van der Waals surface area contributed by atoms with E-state index in [-0.39, 0.29) is 0 Å². The molecule has 10 rings (SSSR count). The third kappa shape index (κ3) is 5.30. The van der Waals surface area contributed by atoms with E-state index in [1.54, 1.807) is 0 Å². The first-order chi connectivity index (χ1) is 25.3. The Balaban J connectivity index is 1.22. The van der Waals surface area contributed by atoms with E-state index in [4.69, 9.17) is 0 Å². The molecule has 10 aromatic rings. The standard InChI is InChI=1S/C48H31NS2/c1-3-11-32(12-4-1)34-19-24-37(25-20-34)49(38-26-21-35(22-27-38)33-13-5-2-6-14-33)44-31-48-43(40-16-8-10-18-46(40)51-48)30-41(44)36-23-28-47-42(29-36)39-15-7-9-17-45(39)50-47/h1-31H. The smallest absolute Gasteiger partial charge is 0.0554 e. The van der Waals surface area contributed by atoms with Gasteiger partial charge in [0.2, 0.25) is 0 Å². The maximum absolute atomic E-state index is 2.44. The summed E-state index contributed by atoms with van der Waals surface area (Å²) in [6.45, 7) is 0. The number of hydrogen-bond donors (Lipinski definition) is 0. The molecule has 2 aromatic heterocycles. The van der Waals surface area contributed by atoms with Crippen LogP contribution in [0, 0.1) is 0 Å². The zero-order valence-electron chi connectivity index (χ0n) is 27.7. The van der Waals surface area contributed by atoms with Crippen molar-refractivity contribution in [1.82, 2.24) is 0 Å². The van der Waals surface area contributed by atoms with Gasteiger partial charge in [-0.25, -0.2) is 0 Å². The Bertz CT molecular complexity index is 2750. The molecule has 1 nitrogen and oxygen atoms in total. The molecule has 0 saturated heterocycles. The van der Waals surface area contributed by atoms with Crippen LogP contribution in [0.4, 0.5) is 17.1 Å². The van der Waals surface area contributed by atoms with E-state index in [1.807, 2.05) is 22.7 Å². The van der Waals surface area contributed by atoms with E-state index < -0.39 is 0 Å². The lowest BCUT2D eigenvalue weighted by Crippen LogP contribution is -2.11. The van der Waals surface area contributed by atoms with Crippen molar-refractivity contribution in [3.8, 4) is 33.4 Å². The molecule has 0 saturated carbocycles. The molecule has 0 fully saturated rings. The number of anilines is 3. The van der Waals surface area contributed by atoms with Crippen LogP contribution in [0.2, 0.25) is 0 Å². The zero-order chi connectivity index (χ0) is 33.7. The molecule has 2 heterocycles. The molecule has 0 radical (unpaired) electrons. The van der Waals surface area contributed by atoms with Crippen LogP contribution in [0.5, 0.6) is 0 Å². The molecule has 3 heteroatoms. The van der Waals surface area contributed by atoms with Gasteiger partial charge in [-0.05, 0) is 88.5 Å². The fraction of sp³-hybridized carbons (Fsp3) is 0. The summed E-state index contributed by atoms with van der Waals surface area (Å²) in [6, 6.07) is 68.7. The van der Waals surface area contributed by atoms with Crippen LogP contribution < -0.4 is 4.90 Å². The van der Waals surface area contributed by atoms with E-state index in [2.05, 4.69) is 193 Å². The van der Waals surface area contributed by atoms with Crippen LogP contribution in [-0.4, -0.2) is 0 Å². The predicted molar refractivity (Wildman–Crippen MR) is 223 cm³/mol. The minimum absolute atomic E-state index is 1.12. The second-order valence-corrected chi connectivity index (χ2v) is 15.1. The van der Waals surface area contributed by atoms with Crippen LogP contribution in [0.25, 0.3) is 73.7 Å². The Morgan fingerprint density at radius 1 is 0.294 bits per heavy atom. The van der Waals surface area contributed by atoms with Crippen molar-refractivity contribution in [2.24, 2.45) is 0 Å². The second-order valence-electron chi connectivity index (χ2n) is 12.9. The van der Waals surface area contributed by atoms with E-state index in [1.165, 1.54) is 73.7 Å². The molecular formula is C48H31NS2. The lowest BCUT2D eigenvalue weighted by atomic mass is 9.97. The van der Waals surface area contributed by atoms with E-state index >= 15 is 0 Å². The monoisotopic (exact) mass is 685 g/mol. The molecule has 8 aromatic carbocycles. The summed E-state index contributed by atoms with van der Waals surface area (Å²) in [7, 11) is 0. The first kappa shape index (κ1) is 29.9. The second kappa shape index (κ2) is 12.4. The normalized spacial score (nSPS) is 11.5. The van der Waals surface area contributed by atoms with Crippen molar-refractivity contribution in [2.75, 3.05) is 4.90 Å². The molecule has 0 aliphatic carbocycles. The largest absolute Gasteiger partial charge is 0.310 e. The number of benzene rings is 8. The molecule has 0 atom stereocenters. The average Bonchev–Trinajstić information content (AvgIpc) is 3.76. The number of rotatable bonds is 6. The quantitative estimate of drug-likeness (QED) is 0.168. The van der Waals surface area contributed by atoms with Crippen LogP contribution in [0.1, 0.15) is 0 Å². The van der Waals surface area contributed by atoms with E-state index in [9.17, 15) is 0 Å². The number of fused-ring (bicyclic) bond motifs is 6. The minimum Gasteiger partial charge on any atom is -0.310 e. The summed E-state index contributed by atoms with van der Waals surface area (Å²) >= 11 is 3.73. The van der Waals surface area contributed by atoms with Crippen LogP contribution >= 0.6 is 22.7 Å². The Morgan fingerprint density at radius 2 is 0.725 bits per heavy atom. The third-order valence-corrected chi connectivity index (χ3v) is 12.2. The Kier molecular flexibility index (Phi) is 7.26. The summed E-state index contributed by atoms with van der Waals surface area (Å²) in [5.74, 6) is 0. The van der Waals surface area contributed by atoms with Crippen molar-refractivity contribution in [1.29, 1.82) is 0 Å². The first-order valence-electron chi connectivity index (χ1n) is 17.2. The van der Waals surface area contributed by atoms with Gasteiger partial charge in [-0.3, -0.25) is 0 Å². The fourth-order valence-electron chi connectivity index (χ4n) is 7.36. The summed E-state index contributed by atoms with van der Waals surface area (Å²) in [5.41, 5.74) is 10.7. The van der Waals surface area contributed by atoms with Gasteiger partial charge in [0, 0.05) is 57.3 Å². The van der Waals surface area contributed by atoms with Crippen molar-refractivity contribution < 1.29 is 0 Å². The number of thiophene rings is 2. The van der Waals surface area contributed by atoms with Crippen molar-refractivity contribution in [3.63, 3.8) is 0 Å². The molecule has 51 heavy (non-hydrogen) atoms. The maximum Gasteiger partial charge on any atom is 0.0554 e. The van der Waals surface area contributed by atoms with Gasteiger partial charge in [-0.15, -0.1) is 22.7 Å². The highest BCUT2D eigenvalue weighted by Crippen LogP contribution is 2.47. The molecular weight excluding hydrogens is 655 g/mol. The molecule has 0 amide bonds. The van der Waals surface area contributed by atoms with Gasteiger partial charge in [0.1, 0.15) is 0 Å². The van der Waals surface area contributed by atoms with Gasteiger partial charge >= 0.3 is 0 Å². The lowest BCUT2D eigenvalue weighted by molar-refractivity contribution is 1.29. The number of nitrogens with zero attached hydrogens (tertiary/aromatic N) is 1. The highest BCUT2D eigenvalue weighted by molar-refractivity contribution is 7.26. The molecule has 240 valence electrons. The Morgan fingerprint density at radius 3 is 1.29 bits per heavy atom. The molecule has 0 unspecified atom stereocenters. The minimum atomic E-state index is 1.12. The number of hydrogen-bond acceptors (Lipinski definition) is 3. The van der Waals surface area contributed by atoms with E-state index in [0.29, 0.717) is 0 Å².